The fourth-order valence-corrected chi connectivity index (χ4v) is 2.85. The standard InChI is InChI=1S/C18H29NO5/c1-3-5-7-8-10-15-16(24-18(15)22)11-14(9-6-4-2)23-17(21)12-19-13-20/h4,13-16H,2-3,5-12H2,1H3,(H,19,20)/t14-,15+,16+/m1/s1. The number of carbonyl (C=O) groups is 3. The predicted molar refractivity (Wildman–Crippen MR) is 90.1 cm³/mol. The van der Waals surface area contributed by atoms with Crippen molar-refractivity contribution in [3.63, 3.8) is 0 Å². The molecule has 1 heterocycles. The summed E-state index contributed by atoms with van der Waals surface area (Å²) in [6.07, 6.45) is 8.86. The van der Waals surface area contributed by atoms with E-state index < -0.39 is 5.97 Å². The third-order valence-electron chi connectivity index (χ3n) is 4.20. The Kier molecular flexibility index (Phi) is 9.80. The second-order valence-electron chi connectivity index (χ2n) is 6.14. The van der Waals surface area contributed by atoms with Crippen LogP contribution in [-0.2, 0) is 23.9 Å². The zero-order valence-electron chi connectivity index (χ0n) is 14.5. The van der Waals surface area contributed by atoms with E-state index in [4.69, 9.17) is 9.47 Å². The Bertz CT molecular complexity index is 424. The van der Waals surface area contributed by atoms with E-state index in [9.17, 15) is 14.4 Å². The minimum Gasteiger partial charge on any atom is -0.461 e. The zero-order valence-corrected chi connectivity index (χ0v) is 14.5. The number of nitrogens with one attached hydrogen (secondary N) is 1. The van der Waals surface area contributed by atoms with E-state index in [1.165, 1.54) is 6.42 Å². The Morgan fingerprint density at radius 3 is 2.83 bits per heavy atom. The lowest BCUT2D eigenvalue weighted by Crippen LogP contribution is -2.47. The van der Waals surface area contributed by atoms with Crippen LogP contribution in [0, 0.1) is 5.92 Å². The number of amides is 1. The maximum atomic E-state index is 11.7. The number of ether oxygens (including phenoxy) is 2. The molecule has 0 aromatic rings. The third-order valence-corrected chi connectivity index (χ3v) is 4.20. The predicted octanol–water partition coefficient (Wildman–Crippen LogP) is 2.51. The highest BCUT2D eigenvalue weighted by molar-refractivity contribution is 5.78. The molecule has 24 heavy (non-hydrogen) atoms. The van der Waals surface area contributed by atoms with Crippen molar-refractivity contribution in [3.8, 4) is 0 Å². The van der Waals surface area contributed by atoms with E-state index in [-0.39, 0.29) is 30.6 Å². The molecule has 3 atom stereocenters. The Morgan fingerprint density at radius 2 is 2.21 bits per heavy atom. The first-order chi connectivity index (χ1) is 11.6. The van der Waals surface area contributed by atoms with Crippen LogP contribution in [0.1, 0.15) is 58.3 Å². The molecule has 0 radical (unpaired) electrons. The SMILES string of the molecule is C=CCC[C@H](C[C@@H]1OC(=O)[C@H]1CCCCCC)OC(=O)CNC=O. The summed E-state index contributed by atoms with van der Waals surface area (Å²) in [7, 11) is 0. The van der Waals surface area contributed by atoms with Crippen molar-refractivity contribution in [2.24, 2.45) is 5.92 Å². The first-order valence-corrected chi connectivity index (χ1v) is 8.80. The Morgan fingerprint density at radius 1 is 1.42 bits per heavy atom. The van der Waals surface area contributed by atoms with E-state index in [1.807, 2.05) is 0 Å². The van der Waals surface area contributed by atoms with Gasteiger partial charge in [-0.15, -0.1) is 6.58 Å². The lowest BCUT2D eigenvalue weighted by atomic mass is 9.86. The number of allylic oxidation sites excluding steroid dienone is 1. The van der Waals surface area contributed by atoms with E-state index >= 15 is 0 Å². The summed E-state index contributed by atoms with van der Waals surface area (Å²) in [5.41, 5.74) is 0. The summed E-state index contributed by atoms with van der Waals surface area (Å²) >= 11 is 0. The van der Waals surface area contributed by atoms with E-state index in [1.54, 1.807) is 6.08 Å². The number of rotatable bonds is 14. The molecule has 1 aliphatic rings. The summed E-state index contributed by atoms with van der Waals surface area (Å²) in [5.74, 6) is -0.714. The van der Waals surface area contributed by atoms with E-state index in [0.717, 1.165) is 25.7 Å². The van der Waals surface area contributed by atoms with Crippen LogP contribution < -0.4 is 5.32 Å². The van der Waals surface area contributed by atoms with Gasteiger partial charge in [0.15, 0.2) is 0 Å². The van der Waals surface area contributed by atoms with Gasteiger partial charge in [0.05, 0.1) is 5.92 Å². The van der Waals surface area contributed by atoms with Crippen LogP contribution >= 0.6 is 0 Å². The topological polar surface area (TPSA) is 81.7 Å². The van der Waals surface area contributed by atoms with Crippen LogP contribution in [0.3, 0.4) is 0 Å². The quantitative estimate of drug-likeness (QED) is 0.228. The normalized spacial score (nSPS) is 20.5. The molecule has 0 saturated carbocycles. The highest BCUT2D eigenvalue weighted by Crippen LogP contribution is 2.32. The lowest BCUT2D eigenvalue weighted by molar-refractivity contribution is -0.190. The van der Waals surface area contributed by atoms with Gasteiger partial charge in [-0.2, -0.15) is 0 Å². The molecule has 1 saturated heterocycles. The molecular weight excluding hydrogens is 310 g/mol. The molecule has 1 rings (SSSR count). The van der Waals surface area contributed by atoms with Crippen molar-refractivity contribution in [1.29, 1.82) is 0 Å². The molecule has 136 valence electrons. The maximum Gasteiger partial charge on any atom is 0.325 e. The molecule has 0 aromatic carbocycles. The summed E-state index contributed by atoms with van der Waals surface area (Å²) in [6.45, 7) is 5.67. The molecule has 6 heteroatoms. The van der Waals surface area contributed by atoms with Gasteiger partial charge in [0.2, 0.25) is 6.41 Å². The summed E-state index contributed by atoms with van der Waals surface area (Å²) in [5, 5.41) is 2.29. The summed E-state index contributed by atoms with van der Waals surface area (Å²) < 4.78 is 10.6. The van der Waals surface area contributed by atoms with Gasteiger partial charge < -0.3 is 14.8 Å². The lowest BCUT2D eigenvalue weighted by Gasteiger charge is -2.37. The molecule has 0 spiro atoms. The minimum absolute atomic E-state index is 0.0834. The van der Waals surface area contributed by atoms with Crippen molar-refractivity contribution in [3.05, 3.63) is 12.7 Å². The maximum absolute atomic E-state index is 11.7. The number of cyclic esters (lactones) is 1. The third kappa shape index (κ3) is 7.15. The van der Waals surface area contributed by atoms with Gasteiger partial charge in [0.25, 0.3) is 0 Å². The van der Waals surface area contributed by atoms with Gasteiger partial charge in [0, 0.05) is 6.42 Å². The molecule has 0 aromatic heterocycles. The molecule has 0 unspecified atom stereocenters. The second-order valence-corrected chi connectivity index (χ2v) is 6.14. The van der Waals surface area contributed by atoms with Gasteiger partial charge in [-0.25, -0.2) is 0 Å². The van der Waals surface area contributed by atoms with Crippen LogP contribution in [0.15, 0.2) is 12.7 Å². The minimum atomic E-state index is -0.485. The second kappa shape index (κ2) is 11.6. The van der Waals surface area contributed by atoms with Crippen molar-refractivity contribution in [1.82, 2.24) is 5.32 Å². The van der Waals surface area contributed by atoms with Gasteiger partial charge in [-0.05, 0) is 19.3 Å². The first-order valence-electron chi connectivity index (χ1n) is 8.80. The Hall–Kier alpha value is -1.85. The highest BCUT2D eigenvalue weighted by atomic mass is 16.6. The number of hydrogen-bond acceptors (Lipinski definition) is 5. The fraction of sp³-hybridized carbons (Fsp3) is 0.722. The smallest absolute Gasteiger partial charge is 0.325 e. The first kappa shape index (κ1) is 20.2. The van der Waals surface area contributed by atoms with Crippen molar-refractivity contribution >= 4 is 18.3 Å². The van der Waals surface area contributed by atoms with Crippen LogP contribution in [0.2, 0.25) is 0 Å². The molecule has 1 amide bonds. The van der Waals surface area contributed by atoms with E-state index in [0.29, 0.717) is 25.7 Å². The average molecular weight is 339 g/mol. The number of esters is 2. The Balaban J connectivity index is 2.45. The zero-order chi connectivity index (χ0) is 17.8. The van der Waals surface area contributed by atoms with Crippen LogP contribution in [0.25, 0.3) is 0 Å². The van der Waals surface area contributed by atoms with Gasteiger partial charge >= 0.3 is 11.9 Å². The summed E-state index contributed by atoms with van der Waals surface area (Å²) in [6, 6.07) is 0. The molecule has 0 aliphatic carbocycles. The average Bonchev–Trinajstić information content (AvgIpc) is 2.57. The molecule has 1 N–H and O–H groups in total. The van der Waals surface area contributed by atoms with Crippen LogP contribution in [-0.4, -0.2) is 37.1 Å². The molecule has 1 fully saturated rings. The monoisotopic (exact) mass is 339 g/mol. The van der Waals surface area contributed by atoms with Gasteiger partial charge in [-0.1, -0.05) is 38.7 Å². The van der Waals surface area contributed by atoms with Gasteiger partial charge in [-0.3, -0.25) is 14.4 Å². The van der Waals surface area contributed by atoms with Crippen molar-refractivity contribution in [2.75, 3.05) is 6.54 Å². The van der Waals surface area contributed by atoms with Crippen molar-refractivity contribution < 1.29 is 23.9 Å². The number of unbranched alkanes of at least 4 members (excludes halogenated alkanes) is 3. The molecular formula is C18H29NO5. The fourth-order valence-electron chi connectivity index (χ4n) is 2.85. The number of carbonyl (C=O) groups excluding carboxylic acids is 3. The van der Waals surface area contributed by atoms with Crippen LogP contribution in [0.4, 0.5) is 0 Å². The molecule has 6 nitrogen and oxygen atoms in total. The molecule has 0 bridgehead atoms. The van der Waals surface area contributed by atoms with Gasteiger partial charge in [0.1, 0.15) is 18.8 Å². The summed E-state index contributed by atoms with van der Waals surface area (Å²) in [4.78, 5) is 33.6. The number of hydrogen-bond donors (Lipinski definition) is 1. The highest BCUT2D eigenvalue weighted by Gasteiger charge is 2.43. The largest absolute Gasteiger partial charge is 0.461 e. The molecule has 1 aliphatic heterocycles. The van der Waals surface area contributed by atoms with Crippen molar-refractivity contribution in [2.45, 2.75) is 70.5 Å². The van der Waals surface area contributed by atoms with E-state index in [2.05, 4.69) is 18.8 Å². The Labute approximate surface area is 144 Å². The van der Waals surface area contributed by atoms with Crippen LogP contribution in [0.5, 0.6) is 0 Å².